The van der Waals surface area contributed by atoms with E-state index in [4.69, 9.17) is 16.0 Å². The highest BCUT2D eigenvalue weighted by Crippen LogP contribution is 2.15. The summed E-state index contributed by atoms with van der Waals surface area (Å²) >= 11 is 6.04. The van der Waals surface area contributed by atoms with Gasteiger partial charge in [0.1, 0.15) is 6.04 Å². The summed E-state index contributed by atoms with van der Waals surface area (Å²) < 4.78 is 5.58. The number of carbonyl (C=O) groups is 2. The third kappa shape index (κ3) is 4.90. The zero-order valence-corrected chi connectivity index (χ0v) is 16.1. The summed E-state index contributed by atoms with van der Waals surface area (Å²) in [7, 11) is 0. The van der Waals surface area contributed by atoms with Crippen LogP contribution in [0.1, 0.15) is 41.9 Å². The maximum Gasteiger partial charge on any atom is 0.253 e. The van der Waals surface area contributed by atoms with E-state index in [1.54, 1.807) is 37.5 Å². The fraction of sp³-hybridized carbons (Fsp3) is 0.400. The van der Waals surface area contributed by atoms with Gasteiger partial charge >= 0.3 is 0 Å². The monoisotopic (exact) mass is 390 g/mol. The molecule has 0 bridgehead atoms. The van der Waals surface area contributed by atoms with Crippen molar-refractivity contribution in [1.29, 1.82) is 0 Å². The molecule has 1 aliphatic rings. The molecule has 2 atom stereocenters. The van der Waals surface area contributed by atoms with E-state index in [0.717, 1.165) is 18.8 Å². The molecule has 2 aromatic rings. The smallest absolute Gasteiger partial charge is 0.253 e. The molecule has 1 aromatic heterocycles. The Bertz CT molecular complexity index is 773. The van der Waals surface area contributed by atoms with Gasteiger partial charge in [-0.2, -0.15) is 0 Å². The van der Waals surface area contributed by atoms with Crippen molar-refractivity contribution in [2.75, 3.05) is 19.6 Å². The average molecular weight is 391 g/mol. The van der Waals surface area contributed by atoms with Crippen LogP contribution in [0.3, 0.4) is 0 Å². The highest BCUT2D eigenvalue weighted by Gasteiger charge is 2.30. The number of nitrogens with one attached hydrogen (secondary N) is 3. The van der Waals surface area contributed by atoms with Crippen molar-refractivity contribution in [2.24, 2.45) is 0 Å². The topological polar surface area (TPSA) is 75.8 Å². The van der Waals surface area contributed by atoms with Gasteiger partial charge in [0.05, 0.1) is 36.5 Å². The maximum atomic E-state index is 12.5. The minimum Gasteiger partial charge on any atom is -0.463 e. The Kier molecular flexibility index (Phi) is 6.53. The molecule has 3 rings (SSSR count). The number of carbonyl (C=O) groups excluding carboxylic acids is 2. The van der Waals surface area contributed by atoms with Crippen LogP contribution in [-0.2, 0) is 4.79 Å². The van der Waals surface area contributed by atoms with E-state index in [0.29, 0.717) is 17.1 Å². The van der Waals surface area contributed by atoms with Crippen LogP contribution < -0.4 is 15.5 Å². The van der Waals surface area contributed by atoms with Gasteiger partial charge < -0.3 is 20.0 Å². The summed E-state index contributed by atoms with van der Waals surface area (Å²) in [6, 6.07) is 10.00. The summed E-state index contributed by atoms with van der Waals surface area (Å²) in [5.41, 5.74) is 0.355. The number of amides is 2. The van der Waals surface area contributed by atoms with Gasteiger partial charge in [0.15, 0.2) is 11.8 Å². The molecule has 1 aliphatic heterocycles. The van der Waals surface area contributed by atoms with Crippen molar-refractivity contribution < 1.29 is 18.9 Å². The van der Waals surface area contributed by atoms with E-state index in [9.17, 15) is 9.59 Å². The third-order valence-electron chi connectivity index (χ3n) is 4.96. The Labute approximate surface area is 163 Å². The molecule has 0 radical (unpaired) electrons. The van der Waals surface area contributed by atoms with Gasteiger partial charge in [0.2, 0.25) is 5.91 Å². The van der Waals surface area contributed by atoms with Gasteiger partial charge in [-0.3, -0.25) is 9.59 Å². The number of furan rings is 1. The minimum atomic E-state index is -0.667. The Balaban J connectivity index is 1.57. The van der Waals surface area contributed by atoms with Crippen molar-refractivity contribution in [2.45, 2.75) is 31.8 Å². The second kappa shape index (κ2) is 9.06. The lowest BCUT2D eigenvalue weighted by atomic mass is 10.1. The molecule has 2 heterocycles. The molecule has 3 N–H and O–H groups in total. The molecule has 1 saturated heterocycles. The summed E-state index contributed by atoms with van der Waals surface area (Å²) in [6.07, 6.45) is 4.03. The lowest BCUT2D eigenvalue weighted by Crippen LogP contribution is -3.11. The number of halogens is 1. The highest BCUT2D eigenvalue weighted by molar-refractivity contribution is 6.33. The number of quaternary nitrogens is 1. The van der Waals surface area contributed by atoms with Gasteiger partial charge in [0, 0.05) is 12.8 Å². The molecule has 0 spiro atoms. The molecule has 1 fully saturated rings. The van der Waals surface area contributed by atoms with Crippen LogP contribution >= 0.6 is 11.6 Å². The molecule has 1 aromatic carbocycles. The van der Waals surface area contributed by atoms with Gasteiger partial charge in [-0.05, 0) is 31.2 Å². The molecular weight excluding hydrogens is 366 g/mol. The first-order chi connectivity index (χ1) is 13.1. The first-order valence-electron chi connectivity index (χ1n) is 9.27. The van der Waals surface area contributed by atoms with Gasteiger partial charge in [-0.15, -0.1) is 0 Å². The predicted octanol–water partition coefficient (Wildman–Crippen LogP) is 1.59. The number of rotatable bonds is 7. The van der Waals surface area contributed by atoms with Crippen molar-refractivity contribution in [1.82, 2.24) is 10.6 Å². The van der Waals surface area contributed by atoms with Crippen LogP contribution in [0.4, 0.5) is 0 Å². The van der Waals surface area contributed by atoms with E-state index >= 15 is 0 Å². The van der Waals surface area contributed by atoms with Crippen LogP contribution in [0.25, 0.3) is 0 Å². The predicted molar refractivity (Wildman–Crippen MR) is 103 cm³/mol. The van der Waals surface area contributed by atoms with Crippen LogP contribution in [0.15, 0.2) is 47.1 Å². The number of hydrogen-bond donors (Lipinski definition) is 3. The first kappa shape index (κ1) is 19.5. The number of hydrogen-bond acceptors (Lipinski definition) is 3. The van der Waals surface area contributed by atoms with Gasteiger partial charge in [0.25, 0.3) is 5.91 Å². The van der Waals surface area contributed by atoms with Crippen LogP contribution in [-0.4, -0.2) is 37.5 Å². The van der Waals surface area contributed by atoms with Crippen molar-refractivity contribution in [3.63, 3.8) is 0 Å². The van der Waals surface area contributed by atoms with Crippen LogP contribution in [0, 0.1) is 0 Å². The summed E-state index contributed by atoms with van der Waals surface area (Å²) in [4.78, 5) is 26.2. The van der Waals surface area contributed by atoms with E-state index in [2.05, 4.69) is 10.6 Å². The second-order valence-corrected chi connectivity index (χ2v) is 7.26. The lowest BCUT2D eigenvalue weighted by molar-refractivity contribution is -0.919. The van der Waals surface area contributed by atoms with E-state index in [1.807, 2.05) is 12.1 Å². The van der Waals surface area contributed by atoms with E-state index in [-0.39, 0.29) is 17.9 Å². The number of benzene rings is 1. The van der Waals surface area contributed by atoms with Gasteiger partial charge in [-0.1, -0.05) is 23.7 Å². The van der Waals surface area contributed by atoms with Crippen LogP contribution in [0.5, 0.6) is 0 Å². The summed E-state index contributed by atoms with van der Waals surface area (Å²) in [6.45, 7) is 4.27. The van der Waals surface area contributed by atoms with Crippen molar-refractivity contribution >= 4 is 23.4 Å². The average Bonchev–Trinajstić information content (AvgIpc) is 3.36. The van der Waals surface area contributed by atoms with E-state index in [1.165, 1.54) is 17.7 Å². The normalized spacial score (nSPS) is 16.7. The summed E-state index contributed by atoms with van der Waals surface area (Å²) in [5.74, 6) is 0.279. The Morgan fingerprint density at radius 3 is 2.59 bits per heavy atom. The molecular formula is C20H25ClN3O3+. The maximum absolute atomic E-state index is 12.5. The minimum absolute atomic E-state index is 0.0814. The Morgan fingerprint density at radius 1 is 1.19 bits per heavy atom. The SMILES string of the molecule is C[C@H](NC(=O)c1ccccc1Cl)C(=O)NC[C@@H](c1ccco1)[NH+]1CCCC1. The van der Waals surface area contributed by atoms with Gasteiger partial charge in [-0.25, -0.2) is 0 Å². The molecule has 144 valence electrons. The highest BCUT2D eigenvalue weighted by atomic mass is 35.5. The largest absolute Gasteiger partial charge is 0.463 e. The quantitative estimate of drug-likeness (QED) is 0.672. The molecule has 0 saturated carbocycles. The van der Waals surface area contributed by atoms with Crippen molar-refractivity contribution in [3.05, 3.63) is 59.0 Å². The summed E-state index contributed by atoms with van der Waals surface area (Å²) in [5, 5.41) is 6.01. The molecule has 6 nitrogen and oxygen atoms in total. The lowest BCUT2D eigenvalue weighted by Gasteiger charge is -2.24. The molecule has 27 heavy (non-hydrogen) atoms. The fourth-order valence-electron chi connectivity index (χ4n) is 3.45. The van der Waals surface area contributed by atoms with Crippen LogP contribution in [0.2, 0.25) is 5.02 Å². The zero-order valence-electron chi connectivity index (χ0n) is 15.3. The fourth-order valence-corrected chi connectivity index (χ4v) is 3.68. The van der Waals surface area contributed by atoms with E-state index < -0.39 is 6.04 Å². The second-order valence-electron chi connectivity index (χ2n) is 6.85. The molecule has 0 aliphatic carbocycles. The Morgan fingerprint density at radius 2 is 1.93 bits per heavy atom. The molecule has 2 amide bonds. The first-order valence-corrected chi connectivity index (χ1v) is 9.65. The zero-order chi connectivity index (χ0) is 19.2. The molecule has 7 heteroatoms. The van der Waals surface area contributed by atoms with Crippen molar-refractivity contribution in [3.8, 4) is 0 Å². The molecule has 0 unspecified atom stereocenters. The standard InChI is InChI=1S/C20H24ClN3O3/c1-14(23-20(26)15-7-2-3-8-16(15)21)19(25)22-13-17(18-9-6-12-27-18)24-10-4-5-11-24/h2-3,6-9,12,14,17H,4-5,10-11,13H2,1H3,(H,22,25)(H,23,26)/p+1/t14-,17-/m0/s1. The number of likely N-dealkylation sites (tertiary alicyclic amines) is 1. The third-order valence-corrected chi connectivity index (χ3v) is 5.29. The Hall–Kier alpha value is -2.31.